The van der Waals surface area contributed by atoms with Crippen molar-refractivity contribution in [1.29, 1.82) is 0 Å². The lowest BCUT2D eigenvalue weighted by Crippen LogP contribution is -2.36. The van der Waals surface area contributed by atoms with E-state index in [4.69, 9.17) is 4.52 Å². The topological polar surface area (TPSA) is 98.1 Å². The molecule has 0 aliphatic rings. The predicted octanol–water partition coefficient (Wildman–Crippen LogP) is 6.10. The van der Waals surface area contributed by atoms with Gasteiger partial charge in [-0.05, 0) is 56.7 Å². The van der Waals surface area contributed by atoms with Gasteiger partial charge in [0.1, 0.15) is 17.4 Å². The summed E-state index contributed by atoms with van der Waals surface area (Å²) in [6, 6.07) is 6.67. The Bertz CT molecular complexity index is 1500. The van der Waals surface area contributed by atoms with Crippen molar-refractivity contribution < 1.29 is 18.4 Å². The molecule has 0 aliphatic heterocycles. The molecule has 2 heterocycles. The molecule has 1 unspecified atom stereocenters. The van der Waals surface area contributed by atoms with Crippen LogP contribution in [0.3, 0.4) is 0 Å². The molecular weight excluding hydrogens is 684 g/mol. The molecule has 11 heteroatoms. The summed E-state index contributed by atoms with van der Waals surface area (Å²) in [4.78, 5) is 17.7. The van der Waals surface area contributed by atoms with E-state index < -0.39 is 28.5 Å². The minimum Gasteiger partial charge on any atom is -0.374 e. The number of rotatable bonds is 6. The number of imidazole rings is 1. The van der Waals surface area contributed by atoms with Gasteiger partial charge in [-0.2, -0.15) is 0 Å². The van der Waals surface area contributed by atoms with Crippen LogP contribution < -0.4 is 5.69 Å². The first-order valence-electron chi connectivity index (χ1n) is 10.4. The number of allylic oxidation sites excluding steroid dienone is 3. The Balaban J connectivity index is 2.21. The SMILES string of the molecule is C/C=C\C=C(/N(I)I)C(O)(c1c(F)cccc1F)c1cc(-c2c(C)noc2C)cc2[nH]c(=O)[nH]c12. The minimum atomic E-state index is -2.35. The summed E-state index contributed by atoms with van der Waals surface area (Å²) in [7, 11) is 0. The highest BCUT2D eigenvalue weighted by molar-refractivity contribution is 14.2. The van der Waals surface area contributed by atoms with E-state index in [0.717, 1.165) is 12.1 Å². The fourth-order valence-corrected chi connectivity index (χ4v) is 5.22. The van der Waals surface area contributed by atoms with Crippen LogP contribution in [-0.2, 0) is 5.60 Å². The maximum atomic E-state index is 15.3. The Morgan fingerprint density at radius 3 is 2.46 bits per heavy atom. The molecule has 0 saturated heterocycles. The average molecular weight is 704 g/mol. The smallest absolute Gasteiger partial charge is 0.323 e. The molecule has 182 valence electrons. The monoisotopic (exact) mass is 704 g/mol. The van der Waals surface area contributed by atoms with Gasteiger partial charge in [-0.15, -0.1) is 0 Å². The third-order valence-electron chi connectivity index (χ3n) is 5.66. The van der Waals surface area contributed by atoms with Gasteiger partial charge in [0.15, 0.2) is 5.60 Å². The number of aliphatic hydroxyl groups is 1. The molecule has 0 aliphatic carbocycles. The van der Waals surface area contributed by atoms with Crippen molar-refractivity contribution in [2.24, 2.45) is 0 Å². The van der Waals surface area contributed by atoms with Crippen molar-refractivity contribution in [3.63, 3.8) is 0 Å². The number of aromatic amines is 2. The predicted molar refractivity (Wildman–Crippen MR) is 146 cm³/mol. The first-order chi connectivity index (χ1) is 16.6. The molecule has 4 rings (SSSR count). The van der Waals surface area contributed by atoms with Gasteiger partial charge in [0, 0.05) is 11.1 Å². The molecule has 0 saturated carbocycles. The van der Waals surface area contributed by atoms with Crippen LogP contribution in [0.1, 0.15) is 29.5 Å². The molecule has 4 aromatic rings. The van der Waals surface area contributed by atoms with Crippen LogP contribution in [0.15, 0.2) is 63.6 Å². The van der Waals surface area contributed by atoms with Gasteiger partial charge in [-0.1, -0.05) is 23.4 Å². The zero-order valence-corrected chi connectivity index (χ0v) is 23.1. The summed E-state index contributed by atoms with van der Waals surface area (Å²) in [6.07, 6.45) is 4.94. The number of hydrogen-bond donors (Lipinski definition) is 3. The molecular formula is C24H20F2I2N4O3. The minimum absolute atomic E-state index is 0.0708. The lowest BCUT2D eigenvalue weighted by Gasteiger charge is -2.34. The third kappa shape index (κ3) is 4.44. The molecule has 7 nitrogen and oxygen atoms in total. The number of aromatic nitrogens is 3. The summed E-state index contributed by atoms with van der Waals surface area (Å²) in [5, 5.41) is 16.4. The number of H-pyrrole nitrogens is 2. The van der Waals surface area contributed by atoms with Crippen LogP contribution in [0.2, 0.25) is 0 Å². The van der Waals surface area contributed by atoms with Gasteiger partial charge in [-0.25, -0.2) is 13.6 Å². The highest BCUT2D eigenvalue weighted by Gasteiger charge is 2.44. The van der Waals surface area contributed by atoms with Crippen molar-refractivity contribution in [3.05, 3.63) is 99.0 Å². The first-order valence-corrected chi connectivity index (χ1v) is 12.3. The van der Waals surface area contributed by atoms with E-state index in [-0.39, 0.29) is 16.8 Å². The second kappa shape index (κ2) is 9.85. The number of nitrogens with zero attached hydrogens (tertiary/aromatic N) is 2. The van der Waals surface area contributed by atoms with E-state index in [1.54, 1.807) is 51.1 Å². The number of halogens is 4. The molecule has 0 fully saturated rings. The van der Waals surface area contributed by atoms with Gasteiger partial charge >= 0.3 is 5.69 Å². The van der Waals surface area contributed by atoms with Crippen LogP contribution in [0.4, 0.5) is 8.78 Å². The summed E-state index contributed by atoms with van der Waals surface area (Å²) in [5.74, 6) is -1.37. The number of nitrogens with one attached hydrogen (secondary N) is 2. The second-order valence-electron chi connectivity index (χ2n) is 7.84. The van der Waals surface area contributed by atoms with E-state index in [0.29, 0.717) is 28.1 Å². The van der Waals surface area contributed by atoms with Crippen LogP contribution in [-0.4, -0.2) is 21.6 Å². The number of benzene rings is 2. The Morgan fingerprint density at radius 2 is 1.89 bits per heavy atom. The van der Waals surface area contributed by atoms with Gasteiger partial charge in [0.25, 0.3) is 0 Å². The third-order valence-corrected chi connectivity index (χ3v) is 6.70. The maximum absolute atomic E-state index is 15.3. The zero-order valence-electron chi connectivity index (χ0n) is 18.8. The van der Waals surface area contributed by atoms with Crippen LogP contribution in [0.5, 0.6) is 0 Å². The Kier molecular flexibility index (Phi) is 7.20. The van der Waals surface area contributed by atoms with E-state index in [9.17, 15) is 9.90 Å². The molecule has 0 bridgehead atoms. The van der Waals surface area contributed by atoms with E-state index in [1.807, 2.05) is 45.7 Å². The molecule has 0 amide bonds. The molecule has 1 atom stereocenters. The van der Waals surface area contributed by atoms with Gasteiger partial charge in [0.2, 0.25) is 0 Å². The lowest BCUT2D eigenvalue weighted by atomic mass is 9.80. The average Bonchev–Trinajstić information content (AvgIpc) is 3.33. The van der Waals surface area contributed by atoms with Gasteiger partial charge in [-0.3, -0.25) is 1.33 Å². The summed E-state index contributed by atoms with van der Waals surface area (Å²) in [6.45, 7) is 5.27. The van der Waals surface area contributed by atoms with Crippen molar-refractivity contribution >= 4 is 56.8 Å². The Morgan fingerprint density at radius 1 is 1.20 bits per heavy atom. The fraction of sp³-hybridized carbons (Fsp3) is 0.167. The second-order valence-corrected chi connectivity index (χ2v) is 11.6. The van der Waals surface area contributed by atoms with Crippen molar-refractivity contribution in [3.8, 4) is 11.1 Å². The van der Waals surface area contributed by atoms with Crippen LogP contribution in [0, 0.1) is 25.5 Å². The number of hydrogen-bond acceptors (Lipinski definition) is 5. The highest BCUT2D eigenvalue weighted by atomic mass is 127. The van der Waals surface area contributed by atoms with Gasteiger partial charge < -0.3 is 19.6 Å². The Hall–Kier alpha value is -2.52. The van der Waals surface area contributed by atoms with Crippen molar-refractivity contribution in [2.75, 3.05) is 0 Å². The van der Waals surface area contributed by atoms with Crippen molar-refractivity contribution in [2.45, 2.75) is 26.4 Å². The molecule has 0 spiro atoms. The lowest BCUT2D eigenvalue weighted by molar-refractivity contribution is 0.105. The maximum Gasteiger partial charge on any atom is 0.323 e. The molecule has 0 radical (unpaired) electrons. The summed E-state index contributed by atoms with van der Waals surface area (Å²) < 4.78 is 37.4. The number of fused-ring (bicyclic) bond motifs is 1. The molecule has 3 N–H and O–H groups in total. The molecule has 35 heavy (non-hydrogen) atoms. The number of aryl methyl sites for hydroxylation is 2. The van der Waals surface area contributed by atoms with E-state index in [1.165, 1.54) is 7.39 Å². The zero-order chi connectivity index (χ0) is 25.5. The first kappa shape index (κ1) is 25.6. The van der Waals surface area contributed by atoms with Crippen LogP contribution in [0.25, 0.3) is 22.2 Å². The Labute approximate surface area is 226 Å². The molecule has 2 aromatic heterocycles. The fourth-order valence-electron chi connectivity index (χ4n) is 4.20. The summed E-state index contributed by atoms with van der Waals surface area (Å²) in [5.41, 5.74) is -0.911. The summed E-state index contributed by atoms with van der Waals surface area (Å²) >= 11 is 3.83. The van der Waals surface area contributed by atoms with Crippen molar-refractivity contribution in [1.82, 2.24) is 16.5 Å². The highest BCUT2D eigenvalue weighted by Crippen LogP contribution is 2.46. The van der Waals surface area contributed by atoms with E-state index in [2.05, 4.69) is 15.1 Å². The van der Waals surface area contributed by atoms with Crippen LogP contribution >= 0.6 is 45.7 Å². The van der Waals surface area contributed by atoms with Gasteiger partial charge in [0.05, 0.1) is 73.7 Å². The standard InChI is InChI=1S/C24H20F2I2N4O3/c1-4-5-9-19(32(27)28)24(34,21-16(25)7-6-8-17(21)26)15-10-14(20-12(2)31-35-13(20)3)11-18-22(15)30-23(33)29-18/h4-11,34H,1-3H3,(H2,29,30,33)/b5-4-,19-9-. The van der Waals surface area contributed by atoms with E-state index >= 15 is 8.78 Å². The largest absolute Gasteiger partial charge is 0.374 e. The molecule has 2 aromatic carbocycles. The quantitative estimate of drug-likeness (QED) is 0.128. The normalized spacial score (nSPS) is 14.1.